The predicted octanol–water partition coefficient (Wildman–Crippen LogP) is -0.110. The molecular weight excluding hydrogens is 208 g/mol. The Morgan fingerprint density at radius 2 is 2.19 bits per heavy atom. The number of rotatable bonds is 3. The summed E-state index contributed by atoms with van der Waals surface area (Å²) in [7, 11) is 0. The summed E-state index contributed by atoms with van der Waals surface area (Å²) >= 11 is 0. The van der Waals surface area contributed by atoms with Crippen molar-refractivity contribution in [2.24, 2.45) is 0 Å². The Hall–Kier alpha value is -1.53. The fraction of sp³-hybridized carbons (Fsp3) is 0.500. The number of nitrogens with one attached hydrogen (secondary N) is 2. The summed E-state index contributed by atoms with van der Waals surface area (Å²) in [5, 5.41) is 0. The van der Waals surface area contributed by atoms with Gasteiger partial charge < -0.3 is 4.74 Å². The molecule has 0 atom stereocenters. The van der Waals surface area contributed by atoms with Crippen molar-refractivity contribution in [1.82, 2.24) is 20.8 Å². The number of amides is 1. The van der Waals surface area contributed by atoms with Crippen LogP contribution in [0.2, 0.25) is 0 Å². The molecule has 0 bridgehead atoms. The molecule has 1 amide bonds. The molecule has 1 aliphatic rings. The number of nitrogens with zero attached hydrogens (tertiary/aromatic N) is 2. The molecule has 6 nitrogen and oxygen atoms in total. The number of aromatic nitrogens is 2. The van der Waals surface area contributed by atoms with E-state index in [1.165, 1.54) is 18.6 Å². The van der Waals surface area contributed by atoms with E-state index in [-0.39, 0.29) is 11.9 Å². The first-order valence-electron chi connectivity index (χ1n) is 5.26. The second-order valence-corrected chi connectivity index (χ2v) is 3.58. The molecule has 1 fully saturated rings. The molecule has 86 valence electrons. The van der Waals surface area contributed by atoms with Gasteiger partial charge in [-0.1, -0.05) is 0 Å². The third-order valence-corrected chi connectivity index (χ3v) is 2.41. The van der Waals surface area contributed by atoms with Crippen LogP contribution in [0.5, 0.6) is 0 Å². The lowest BCUT2D eigenvalue weighted by Gasteiger charge is -2.23. The van der Waals surface area contributed by atoms with Gasteiger partial charge in [-0.05, 0) is 12.8 Å². The minimum atomic E-state index is -0.264. The zero-order chi connectivity index (χ0) is 11.2. The van der Waals surface area contributed by atoms with Crippen molar-refractivity contribution in [3.63, 3.8) is 0 Å². The molecule has 0 radical (unpaired) electrons. The molecular formula is C10H14N4O2. The lowest BCUT2D eigenvalue weighted by Crippen LogP contribution is -2.46. The lowest BCUT2D eigenvalue weighted by atomic mass is 10.1. The van der Waals surface area contributed by atoms with Crippen molar-refractivity contribution >= 4 is 5.91 Å². The van der Waals surface area contributed by atoms with Crippen LogP contribution in [-0.4, -0.2) is 35.1 Å². The summed E-state index contributed by atoms with van der Waals surface area (Å²) in [6.07, 6.45) is 6.26. The summed E-state index contributed by atoms with van der Waals surface area (Å²) in [4.78, 5) is 19.3. The van der Waals surface area contributed by atoms with Crippen molar-refractivity contribution in [1.29, 1.82) is 0 Å². The highest BCUT2D eigenvalue weighted by Gasteiger charge is 2.14. The van der Waals surface area contributed by atoms with E-state index in [1.54, 1.807) is 0 Å². The molecule has 0 spiro atoms. The molecule has 2 N–H and O–H groups in total. The van der Waals surface area contributed by atoms with Crippen LogP contribution in [0, 0.1) is 0 Å². The first kappa shape index (κ1) is 11.0. The third-order valence-electron chi connectivity index (χ3n) is 2.41. The molecule has 16 heavy (non-hydrogen) atoms. The van der Waals surface area contributed by atoms with E-state index in [0.29, 0.717) is 5.69 Å². The van der Waals surface area contributed by atoms with E-state index < -0.39 is 0 Å². The molecule has 2 rings (SSSR count). The molecule has 1 aromatic rings. The van der Waals surface area contributed by atoms with Gasteiger partial charge in [-0.15, -0.1) is 0 Å². The molecule has 1 saturated heterocycles. The van der Waals surface area contributed by atoms with Crippen LogP contribution in [0.15, 0.2) is 18.6 Å². The van der Waals surface area contributed by atoms with E-state index in [2.05, 4.69) is 20.8 Å². The Bertz CT molecular complexity index is 338. The molecule has 0 aromatic carbocycles. The zero-order valence-electron chi connectivity index (χ0n) is 8.85. The van der Waals surface area contributed by atoms with Crippen molar-refractivity contribution in [2.75, 3.05) is 13.2 Å². The number of hydrazine groups is 1. The largest absolute Gasteiger partial charge is 0.381 e. The summed E-state index contributed by atoms with van der Waals surface area (Å²) in [6.45, 7) is 1.47. The van der Waals surface area contributed by atoms with Crippen LogP contribution in [0.3, 0.4) is 0 Å². The van der Waals surface area contributed by atoms with Crippen LogP contribution in [0.4, 0.5) is 0 Å². The van der Waals surface area contributed by atoms with Crippen LogP contribution >= 0.6 is 0 Å². The van der Waals surface area contributed by atoms with E-state index in [1.807, 2.05) is 0 Å². The topological polar surface area (TPSA) is 76.1 Å². The van der Waals surface area contributed by atoms with E-state index in [0.717, 1.165) is 26.1 Å². The van der Waals surface area contributed by atoms with Gasteiger partial charge >= 0.3 is 0 Å². The number of hydrogen-bond acceptors (Lipinski definition) is 5. The summed E-state index contributed by atoms with van der Waals surface area (Å²) in [5.41, 5.74) is 5.90. The maximum Gasteiger partial charge on any atom is 0.285 e. The van der Waals surface area contributed by atoms with Gasteiger partial charge in [0.2, 0.25) is 0 Å². The SMILES string of the molecule is O=C(NNC1CCOCC1)c1cnccn1. The molecule has 1 aromatic heterocycles. The van der Waals surface area contributed by atoms with E-state index >= 15 is 0 Å². The maximum atomic E-state index is 11.6. The molecule has 2 heterocycles. The minimum Gasteiger partial charge on any atom is -0.381 e. The van der Waals surface area contributed by atoms with E-state index in [9.17, 15) is 4.79 Å². The number of carbonyl (C=O) groups is 1. The van der Waals surface area contributed by atoms with Crippen molar-refractivity contribution in [3.05, 3.63) is 24.3 Å². The summed E-state index contributed by atoms with van der Waals surface area (Å²) < 4.78 is 5.22. The van der Waals surface area contributed by atoms with Crippen molar-refractivity contribution < 1.29 is 9.53 Å². The number of ether oxygens (including phenoxy) is 1. The first-order chi connectivity index (χ1) is 7.86. The molecule has 6 heteroatoms. The second kappa shape index (κ2) is 5.53. The van der Waals surface area contributed by atoms with Gasteiger partial charge in [0, 0.05) is 31.6 Å². The van der Waals surface area contributed by atoms with Crippen molar-refractivity contribution in [3.8, 4) is 0 Å². The highest BCUT2D eigenvalue weighted by atomic mass is 16.5. The minimum absolute atomic E-state index is 0.264. The fourth-order valence-electron chi connectivity index (χ4n) is 1.49. The number of carbonyl (C=O) groups excluding carboxylic acids is 1. The van der Waals surface area contributed by atoms with Gasteiger partial charge in [-0.3, -0.25) is 15.2 Å². The van der Waals surface area contributed by atoms with Crippen LogP contribution in [0.1, 0.15) is 23.3 Å². The Morgan fingerprint density at radius 1 is 1.38 bits per heavy atom. The average Bonchev–Trinajstić information content (AvgIpc) is 2.38. The lowest BCUT2D eigenvalue weighted by molar-refractivity contribution is 0.0693. The molecule has 0 unspecified atom stereocenters. The van der Waals surface area contributed by atoms with Crippen LogP contribution < -0.4 is 10.9 Å². The Morgan fingerprint density at radius 3 is 2.88 bits per heavy atom. The van der Waals surface area contributed by atoms with Gasteiger partial charge in [-0.2, -0.15) is 0 Å². The third kappa shape index (κ3) is 2.98. The normalized spacial score (nSPS) is 17.0. The average molecular weight is 222 g/mol. The van der Waals surface area contributed by atoms with Gasteiger partial charge in [0.15, 0.2) is 0 Å². The zero-order valence-corrected chi connectivity index (χ0v) is 8.85. The van der Waals surface area contributed by atoms with Crippen LogP contribution in [-0.2, 0) is 4.74 Å². The molecule has 1 aliphatic heterocycles. The highest BCUT2D eigenvalue weighted by molar-refractivity contribution is 5.91. The monoisotopic (exact) mass is 222 g/mol. The van der Waals surface area contributed by atoms with Gasteiger partial charge in [-0.25, -0.2) is 10.4 Å². The second-order valence-electron chi connectivity index (χ2n) is 3.58. The highest BCUT2D eigenvalue weighted by Crippen LogP contribution is 2.04. The Kier molecular flexibility index (Phi) is 3.79. The van der Waals surface area contributed by atoms with Crippen molar-refractivity contribution in [2.45, 2.75) is 18.9 Å². The Balaban J connectivity index is 1.79. The van der Waals surface area contributed by atoms with Gasteiger partial charge in [0.1, 0.15) is 5.69 Å². The predicted molar refractivity (Wildman–Crippen MR) is 56.5 cm³/mol. The number of hydrogen-bond donors (Lipinski definition) is 2. The quantitative estimate of drug-likeness (QED) is 0.698. The fourth-order valence-corrected chi connectivity index (χ4v) is 1.49. The van der Waals surface area contributed by atoms with Gasteiger partial charge in [0.05, 0.1) is 6.20 Å². The smallest absolute Gasteiger partial charge is 0.285 e. The summed E-state index contributed by atoms with van der Waals surface area (Å²) in [5.74, 6) is -0.264. The first-order valence-corrected chi connectivity index (χ1v) is 5.26. The molecule has 0 aliphatic carbocycles. The maximum absolute atomic E-state index is 11.6. The Labute approximate surface area is 93.4 Å². The van der Waals surface area contributed by atoms with E-state index in [4.69, 9.17) is 4.74 Å². The van der Waals surface area contributed by atoms with Gasteiger partial charge in [0.25, 0.3) is 5.91 Å². The van der Waals surface area contributed by atoms with Crippen LogP contribution in [0.25, 0.3) is 0 Å². The summed E-state index contributed by atoms with van der Waals surface area (Å²) in [6, 6.07) is 0.273. The molecule has 0 saturated carbocycles. The standard InChI is InChI=1S/C10H14N4O2/c15-10(9-7-11-3-4-12-9)14-13-8-1-5-16-6-2-8/h3-4,7-8,13H,1-2,5-6H2,(H,14,15).